The first kappa shape index (κ1) is 32.3. The Kier molecular flexibility index (Phi) is 8.45. The molecule has 2 aromatic carbocycles. The van der Waals surface area contributed by atoms with Gasteiger partial charge in [-0.15, -0.1) is 11.3 Å². The van der Waals surface area contributed by atoms with Gasteiger partial charge < -0.3 is 5.11 Å². The summed E-state index contributed by atoms with van der Waals surface area (Å²) in [4.78, 5) is 16.1. The molecule has 4 fully saturated rings. The van der Waals surface area contributed by atoms with Crippen LogP contribution in [0.4, 0.5) is 8.78 Å². The van der Waals surface area contributed by atoms with Crippen LogP contribution in [0.5, 0.6) is 0 Å². The SMILES string of the molecule is CC1CC2CCC1CC(C)C2c1cc(-c2nn(-c3nc(C(=O)O)cs3)c(CC3CC3)c2Cc2ccc([SH](C)(N)=O)c(F)c2)ccc1F. The standard InChI is InChI=1S/C36H42F2N4O3S2/c1-19-12-24-8-7-23(19)13-20(2)33(24)26-17-25(9-10-28(26)37)34-27(14-22-6-11-32(29(38)15-22)47(3,39)45)31(16-21-4-5-21)42(41-34)36-40-30(18-46-36)35(43)44/h6,9-11,15,17-21,23-24,33,47H,4-5,7-8,12-14,16H2,1-3H3,(H2,39,45)(H,43,44). The molecule has 0 saturated heterocycles. The Bertz CT molecular complexity index is 1890. The first-order chi connectivity index (χ1) is 22.4. The van der Waals surface area contributed by atoms with E-state index in [1.807, 2.05) is 6.07 Å². The van der Waals surface area contributed by atoms with E-state index in [2.05, 4.69) is 18.8 Å². The molecule has 4 aromatic rings. The van der Waals surface area contributed by atoms with Crippen LogP contribution >= 0.6 is 11.3 Å². The molecule has 3 N–H and O–H groups in total. The lowest BCUT2D eigenvalue weighted by molar-refractivity contribution is 0.0691. The zero-order valence-electron chi connectivity index (χ0n) is 27.0. The number of nitrogens with zero attached hydrogens (tertiary/aromatic N) is 3. The molecule has 5 atom stereocenters. The molecule has 8 rings (SSSR count). The fraction of sp³-hybridized carbons (Fsp3) is 0.472. The number of thiazole rings is 1. The van der Waals surface area contributed by atoms with E-state index in [4.69, 9.17) is 10.2 Å². The summed E-state index contributed by atoms with van der Waals surface area (Å²) >= 11 is 1.21. The van der Waals surface area contributed by atoms with Gasteiger partial charge in [0.25, 0.3) is 0 Å². The maximum absolute atomic E-state index is 15.9. The number of fused-ring (bicyclic) bond motifs is 4. The topological polar surface area (TPSA) is 111 Å². The summed E-state index contributed by atoms with van der Waals surface area (Å²) in [5.74, 6) is 0.742. The number of hydrogen-bond donors (Lipinski definition) is 3. The van der Waals surface area contributed by atoms with E-state index in [9.17, 15) is 14.1 Å². The number of benzene rings is 2. The summed E-state index contributed by atoms with van der Waals surface area (Å²) in [6, 6.07) is 9.93. The van der Waals surface area contributed by atoms with Crippen LogP contribution in [0, 0.1) is 41.2 Å². The summed E-state index contributed by atoms with van der Waals surface area (Å²) in [6.07, 6.45) is 9.04. The van der Waals surface area contributed by atoms with E-state index in [0.717, 1.165) is 54.5 Å². The average Bonchev–Trinajstić information content (AvgIpc) is 3.64. The number of carboxylic acid groups (broad SMARTS) is 1. The third-order valence-corrected chi connectivity index (χ3v) is 13.0. The number of hydrogen-bond acceptors (Lipinski definition) is 5. The molecule has 0 aliphatic heterocycles. The Labute approximate surface area is 279 Å². The molecule has 2 aromatic heterocycles. The van der Waals surface area contributed by atoms with E-state index in [1.165, 1.54) is 41.5 Å². The molecule has 0 radical (unpaired) electrons. The van der Waals surface area contributed by atoms with Crippen LogP contribution in [0.2, 0.25) is 0 Å². The predicted octanol–water partition coefficient (Wildman–Crippen LogP) is 7.57. The molecule has 47 heavy (non-hydrogen) atoms. The second kappa shape index (κ2) is 12.3. The van der Waals surface area contributed by atoms with Crippen LogP contribution in [0.1, 0.15) is 91.2 Å². The van der Waals surface area contributed by atoms with Crippen molar-refractivity contribution in [2.45, 2.75) is 76.0 Å². The van der Waals surface area contributed by atoms with Gasteiger partial charge in [-0.05, 0) is 132 Å². The highest BCUT2D eigenvalue weighted by Crippen LogP contribution is 2.52. The van der Waals surface area contributed by atoms with Gasteiger partial charge in [0.15, 0.2) is 5.69 Å². The van der Waals surface area contributed by atoms with Crippen molar-refractivity contribution in [3.63, 3.8) is 0 Å². The van der Waals surface area contributed by atoms with Crippen LogP contribution in [0.25, 0.3) is 16.4 Å². The second-order valence-electron chi connectivity index (χ2n) is 14.4. The molecule has 0 spiro atoms. The Hall–Kier alpha value is -3.28. The highest BCUT2D eigenvalue weighted by Gasteiger charge is 2.42. The number of halogens is 2. The Morgan fingerprint density at radius 3 is 2.45 bits per heavy atom. The van der Waals surface area contributed by atoms with Crippen molar-refractivity contribution in [2.24, 2.45) is 34.7 Å². The average molecular weight is 681 g/mol. The fourth-order valence-corrected chi connectivity index (χ4v) is 9.95. The van der Waals surface area contributed by atoms with Gasteiger partial charge in [0.2, 0.25) is 5.13 Å². The molecule has 4 saturated carbocycles. The van der Waals surface area contributed by atoms with Crippen molar-refractivity contribution in [2.75, 3.05) is 6.26 Å². The first-order valence-electron chi connectivity index (χ1n) is 16.6. The minimum atomic E-state index is -3.30. The monoisotopic (exact) mass is 680 g/mol. The lowest BCUT2D eigenvalue weighted by atomic mass is 9.72. The van der Waals surface area contributed by atoms with Gasteiger partial charge in [0, 0.05) is 29.2 Å². The molecule has 7 nitrogen and oxygen atoms in total. The number of aromatic carboxylic acids is 1. The van der Waals surface area contributed by atoms with Crippen LogP contribution < -0.4 is 5.14 Å². The van der Waals surface area contributed by atoms with Crippen molar-refractivity contribution in [1.82, 2.24) is 14.8 Å². The molecule has 2 bridgehead atoms. The highest BCUT2D eigenvalue weighted by molar-refractivity contribution is 8.00. The molecular formula is C36H42F2N4O3S2. The van der Waals surface area contributed by atoms with Crippen LogP contribution in [0.15, 0.2) is 46.7 Å². The number of carboxylic acids is 1. The lowest BCUT2D eigenvalue weighted by Gasteiger charge is -2.33. The van der Waals surface area contributed by atoms with E-state index in [0.29, 0.717) is 58.8 Å². The Balaban J connectivity index is 1.38. The second-order valence-corrected chi connectivity index (χ2v) is 17.7. The summed E-state index contributed by atoms with van der Waals surface area (Å²) in [7, 11) is -3.30. The molecule has 4 aliphatic carbocycles. The van der Waals surface area contributed by atoms with Gasteiger partial charge in [-0.25, -0.2) is 23.2 Å². The van der Waals surface area contributed by atoms with Gasteiger partial charge in [0.05, 0.1) is 16.3 Å². The van der Waals surface area contributed by atoms with Crippen molar-refractivity contribution < 1.29 is 22.9 Å². The number of nitrogens with two attached hydrogens (primary N) is 1. The van der Waals surface area contributed by atoms with Crippen LogP contribution in [0.3, 0.4) is 0 Å². The maximum atomic E-state index is 15.9. The van der Waals surface area contributed by atoms with Gasteiger partial charge in [-0.2, -0.15) is 5.10 Å². The molecule has 11 heteroatoms. The fourth-order valence-electron chi connectivity index (χ4n) is 8.32. The minimum Gasteiger partial charge on any atom is -0.476 e. The summed E-state index contributed by atoms with van der Waals surface area (Å²) < 4.78 is 45.3. The lowest BCUT2D eigenvalue weighted by Crippen LogP contribution is -2.22. The van der Waals surface area contributed by atoms with Crippen LogP contribution in [-0.4, -0.2) is 36.3 Å². The van der Waals surface area contributed by atoms with Gasteiger partial charge in [0.1, 0.15) is 11.6 Å². The van der Waals surface area contributed by atoms with Gasteiger partial charge in [-0.1, -0.05) is 19.9 Å². The molecule has 4 aliphatic rings. The molecular weight excluding hydrogens is 639 g/mol. The molecule has 0 amide bonds. The predicted molar refractivity (Wildman–Crippen MR) is 182 cm³/mol. The Morgan fingerprint density at radius 1 is 1.04 bits per heavy atom. The smallest absolute Gasteiger partial charge is 0.355 e. The maximum Gasteiger partial charge on any atom is 0.355 e. The Morgan fingerprint density at radius 2 is 1.79 bits per heavy atom. The number of rotatable bonds is 9. The zero-order chi connectivity index (χ0) is 33.2. The van der Waals surface area contributed by atoms with E-state index in [-0.39, 0.29) is 22.3 Å². The van der Waals surface area contributed by atoms with Crippen molar-refractivity contribution >= 4 is 27.4 Å². The van der Waals surface area contributed by atoms with Gasteiger partial charge >= 0.3 is 5.97 Å². The minimum absolute atomic E-state index is 0.00326. The summed E-state index contributed by atoms with van der Waals surface area (Å²) in [6.45, 7) is 4.61. The number of thiol groups is 1. The molecule has 250 valence electrons. The largest absolute Gasteiger partial charge is 0.476 e. The quantitative estimate of drug-likeness (QED) is 0.158. The molecule has 2 heterocycles. The third kappa shape index (κ3) is 6.34. The van der Waals surface area contributed by atoms with Crippen LogP contribution in [-0.2, 0) is 23.0 Å². The molecule has 5 unspecified atom stereocenters. The van der Waals surface area contributed by atoms with E-state index >= 15 is 8.78 Å². The van der Waals surface area contributed by atoms with E-state index in [1.54, 1.807) is 22.9 Å². The highest BCUT2D eigenvalue weighted by atomic mass is 32.3. The normalized spacial score (nSPS) is 24.8. The number of aromatic nitrogens is 3. The first-order valence-corrected chi connectivity index (χ1v) is 19.7. The zero-order valence-corrected chi connectivity index (χ0v) is 28.7. The number of carbonyl (C=O) groups is 1. The summed E-state index contributed by atoms with van der Waals surface area (Å²) in [5, 5.41) is 22.4. The van der Waals surface area contributed by atoms with Crippen molar-refractivity contribution in [1.29, 1.82) is 0 Å². The van der Waals surface area contributed by atoms with Crippen molar-refractivity contribution in [3.05, 3.63) is 81.5 Å². The van der Waals surface area contributed by atoms with Crippen molar-refractivity contribution in [3.8, 4) is 16.4 Å². The van der Waals surface area contributed by atoms with E-state index < -0.39 is 21.9 Å². The van der Waals surface area contributed by atoms with Gasteiger partial charge in [-0.3, -0.25) is 9.35 Å². The third-order valence-electron chi connectivity index (χ3n) is 10.8. The summed E-state index contributed by atoms with van der Waals surface area (Å²) in [5.41, 5.74) is 4.52.